The van der Waals surface area contributed by atoms with Crippen molar-refractivity contribution in [2.24, 2.45) is 11.3 Å². The van der Waals surface area contributed by atoms with Crippen LogP contribution in [0, 0.1) is 11.3 Å². The number of carbonyl (C=O) groups excluding carboxylic acids is 1. The maximum atomic E-state index is 12.3. The molecule has 3 nitrogen and oxygen atoms in total. The van der Waals surface area contributed by atoms with Crippen LogP contribution >= 0.6 is 0 Å². The number of nitrogens with zero attached hydrogens (tertiary/aromatic N) is 1. The number of likely N-dealkylation sites (tertiary alicyclic amines) is 1. The van der Waals surface area contributed by atoms with Gasteiger partial charge in [0.25, 0.3) is 0 Å². The van der Waals surface area contributed by atoms with Crippen molar-refractivity contribution in [1.82, 2.24) is 10.2 Å². The number of hydrogen-bond acceptors (Lipinski definition) is 2. The highest BCUT2D eigenvalue weighted by Gasteiger charge is 2.43. The van der Waals surface area contributed by atoms with E-state index in [0.717, 1.165) is 26.1 Å². The summed E-state index contributed by atoms with van der Waals surface area (Å²) in [6, 6.07) is 0.475. The Kier molecular flexibility index (Phi) is 2.75. The second-order valence-corrected chi connectivity index (χ2v) is 5.51. The van der Waals surface area contributed by atoms with Gasteiger partial charge in [-0.2, -0.15) is 0 Å². The highest BCUT2D eigenvalue weighted by atomic mass is 16.2. The molecule has 2 atom stereocenters. The predicted molar refractivity (Wildman–Crippen MR) is 60.5 cm³/mol. The Morgan fingerprint density at radius 1 is 1.47 bits per heavy atom. The standard InChI is InChI=1S/C12H22N2O/c1-4-12(2,3)11(15)14-6-5-9-7-13-8-10(9)14/h9-10,13H,4-8H2,1-3H3. The van der Waals surface area contributed by atoms with E-state index in [9.17, 15) is 4.79 Å². The first-order valence-corrected chi connectivity index (χ1v) is 6.08. The first kappa shape index (κ1) is 10.9. The second-order valence-electron chi connectivity index (χ2n) is 5.51. The molecule has 2 aliphatic rings. The fourth-order valence-corrected chi connectivity index (χ4v) is 2.64. The summed E-state index contributed by atoms with van der Waals surface area (Å²) in [7, 11) is 0. The van der Waals surface area contributed by atoms with Crippen molar-refractivity contribution in [3.8, 4) is 0 Å². The van der Waals surface area contributed by atoms with Gasteiger partial charge in [0.2, 0.25) is 5.91 Å². The molecule has 0 spiro atoms. The van der Waals surface area contributed by atoms with Crippen molar-refractivity contribution in [2.45, 2.75) is 39.7 Å². The first-order chi connectivity index (χ1) is 7.06. The zero-order valence-corrected chi connectivity index (χ0v) is 10.0. The molecular formula is C12H22N2O. The van der Waals surface area contributed by atoms with Gasteiger partial charge in [-0.3, -0.25) is 4.79 Å². The average molecular weight is 210 g/mol. The normalized spacial score (nSPS) is 30.7. The third-order valence-corrected chi connectivity index (χ3v) is 4.17. The molecule has 2 fully saturated rings. The van der Waals surface area contributed by atoms with E-state index < -0.39 is 0 Å². The minimum Gasteiger partial charge on any atom is -0.338 e. The van der Waals surface area contributed by atoms with E-state index in [4.69, 9.17) is 0 Å². The summed E-state index contributed by atoms with van der Waals surface area (Å²) in [6.07, 6.45) is 2.11. The highest BCUT2D eigenvalue weighted by molar-refractivity contribution is 5.82. The first-order valence-electron chi connectivity index (χ1n) is 6.08. The summed E-state index contributed by atoms with van der Waals surface area (Å²) in [5.74, 6) is 1.06. The number of fused-ring (bicyclic) bond motifs is 1. The molecule has 0 aliphatic carbocycles. The third-order valence-electron chi connectivity index (χ3n) is 4.17. The summed E-state index contributed by atoms with van der Waals surface area (Å²) >= 11 is 0. The Morgan fingerprint density at radius 3 is 2.87 bits per heavy atom. The topological polar surface area (TPSA) is 32.3 Å². The quantitative estimate of drug-likeness (QED) is 0.744. The average Bonchev–Trinajstić information content (AvgIpc) is 2.77. The molecular weight excluding hydrogens is 188 g/mol. The Labute approximate surface area is 92.2 Å². The van der Waals surface area contributed by atoms with Gasteiger partial charge in [-0.1, -0.05) is 20.8 Å². The Balaban J connectivity index is 2.08. The van der Waals surface area contributed by atoms with E-state index in [1.165, 1.54) is 6.42 Å². The van der Waals surface area contributed by atoms with Crippen molar-refractivity contribution in [3.05, 3.63) is 0 Å². The molecule has 2 unspecified atom stereocenters. The Hall–Kier alpha value is -0.570. The summed E-state index contributed by atoms with van der Waals surface area (Å²) in [6.45, 7) is 9.28. The van der Waals surface area contributed by atoms with Crippen LogP contribution in [0.5, 0.6) is 0 Å². The molecule has 15 heavy (non-hydrogen) atoms. The maximum Gasteiger partial charge on any atom is 0.228 e. The maximum absolute atomic E-state index is 12.3. The second kappa shape index (κ2) is 3.78. The van der Waals surface area contributed by atoms with Crippen LogP contribution in [-0.4, -0.2) is 36.5 Å². The van der Waals surface area contributed by atoms with Gasteiger partial charge in [0.15, 0.2) is 0 Å². The van der Waals surface area contributed by atoms with Gasteiger partial charge < -0.3 is 10.2 Å². The Morgan fingerprint density at radius 2 is 2.20 bits per heavy atom. The molecule has 0 bridgehead atoms. The van der Waals surface area contributed by atoms with Gasteiger partial charge in [-0.25, -0.2) is 0 Å². The molecule has 2 aliphatic heterocycles. The van der Waals surface area contributed by atoms with E-state index in [0.29, 0.717) is 17.9 Å². The van der Waals surface area contributed by atoms with Gasteiger partial charge in [0.05, 0.1) is 0 Å². The molecule has 1 N–H and O–H groups in total. The fourth-order valence-electron chi connectivity index (χ4n) is 2.64. The summed E-state index contributed by atoms with van der Waals surface area (Å²) < 4.78 is 0. The van der Waals surface area contributed by atoms with Crippen molar-refractivity contribution < 1.29 is 4.79 Å². The van der Waals surface area contributed by atoms with Crippen LogP contribution in [0.15, 0.2) is 0 Å². The predicted octanol–water partition coefficient (Wildman–Crippen LogP) is 1.24. The minimum atomic E-state index is -0.183. The monoisotopic (exact) mass is 210 g/mol. The molecule has 0 saturated carbocycles. The van der Waals surface area contributed by atoms with Crippen LogP contribution in [0.3, 0.4) is 0 Å². The van der Waals surface area contributed by atoms with Gasteiger partial charge in [-0.15, -0.1) is 0 Å². The lowest BCUT2D eigenvalue weighted by Crippen LogP contribution is -2.45. The van der Waals surface area contributed by atoms with Crippen LogP contribution < -0.4 is 5.32 Å². The number of hydrogen-bond donors (Lipinski definition) is 1. The SMILES string of the molecule is CCC(C)(C)C(=O)N1CCC2CNCC21. The minimum absolute atomic E-state index is 0.183. The van der Waals surface area contributed by atoms with Gasteiger partial charge in [0.1, 0.15) is 0 Å². The largest absolute Gasteiger partial charge is 0.338 e. The van der Waals surface area contributed by atoms with Crippen molar-refractivity contribution in [3.63, 3.8) is 0 Å². The lowest BCUT2D eigenvalue weighted by atomic mass is 9.88. The number of carbonyl (C=O) groups is 1. The van der Waals surface area contributed by atoms with Crippen molar-refractivity contribution in [1.29, 1.82) is 0 Å². The van der Waals surface area contributed by atoms with Crippen molar-refractivity contribution in [2.75, 3.05) is 19.6 Å². The molecule has 0 aromatic heterocycles. The van der Waals surface area contributed by atoms with E-state index in [1.807, 2.05) is 0 Å². The highest BCUT2D eigenvalue weighted by Crippen LogP contribution is 2.32. The van der Waals surface area contributed by atoms with Crippen LogP contribution in [0.1, 0.15) is 33.6 Å². The molecule has 1 amide bonds. The molecule has 2 heterocycles. The number of nitrogens with one attached hydrogen (secondary N) is 1. The molecule has 0 aromatic rings. The van der Waals surface area contributed by atoms with E-state index >= 15 is 0 Å². The van der Waals surface area contributed by atoms with Crippen LogP contribution in [0.4, 0.5) is 0 Å². The van der Waals surface area contributed by atoms with Gasteiger partial charge >= 0.3 is 0 Å². The number of amides is 1. The lowest BCUT2D eigenvalue weighted by Gasteiger charge is -2.32. The summed E-state index contributed by atoms with van der Waals surface area (Å²) in [5, 5.41) is 3.38. The van der Waals surface area contributed by atoms with Crippen LogP contribution in [0.2, 0.25) is 0 Å². The lowest BCUT2D eigenvalue weighted by molar-refractivity contribution is -0.141. The van der Waals surface area contributed by atoms with E-state index in [2.05, 4.69) is 31.0 Å². The van der Waals surface area contributed by atoms with Crippen molar-refractivity contribution >= 4 is 5.91 Å². The zero-order valence-electron chi connectivity index (χ0n) is 10.0. The molecule has 3 heteroatoms. The molecule has 2 rings (SSSR count). The Bertz CT molecular complexity index is 262. The van der Waals surface area contributed by atoms with Crippen LogP contribution in [-0.2, 0) is 4.79 Å². The van der Waals surface area contributed by atoms with Gasteiger partial charge in [-0.05, 0) is 18.8 Å². The molecule has 86 valence electrons. The summed E-state index contributed by atoms with van der Waals surface area (Å²) in [5.41, 5.74) is -0.183. The molecule has 2 saturated heterocycles. The smallest absolute Gasteiger partial charge is 0.228 e. The van der Waals surface area contributed by atoms with Crippen LogP contribution in [0.25, 0.3) is 0 Å². The van der Waals surface area contributed by atoms with E-state index in [-0.39, 0.29) is 5.41 Å². The van der Waals surface area contributed by atoms with E-state index in [1.54, 1.807) is 0 Å². The fraction of sp³-hybridized carbons (Fsp3) is 0.917. The summed E-state index contributed by atoms with van der Waals surface area (Å²) in [4.78, 5) is 14.5. The third kappa shape index (κ3) is 1.78. The van der Waals surface area contributed by atoms with Gasteiger partial charge in [0, 0.05) is 31.1 Å². The zero-order chi connectivity index (χ0) is 11.1. The molecule has 0 aromatic carbocycles. The number of rotatable bonds is 2. The molecule has 0 radical (unpaired) electrons.